The van der Waals surface area contributed by atoms with Crippen LogP contribution in [-0.2, 0) is 14.8 Å². The molecule has 0 fully saturated rings. The Morgan fingerprint density at radius 2 is 2.09 bits per heavy atom. The average Bonchev–Trinajstić information content (AvgIpc) is 1.87. The lowest BCUT2D eigenvalue weighted by molar-refractivity contribution is 0.167. The molecule has 0 aliphatic heterocycles. The van der Waals surface area contributed by atoms with Gasteiger partial charge in [-0.1, -0.05) is 6.92 Å². The molecule has 0 aliphatic rings. The Morgan fingerprint density at radius 3 is 2.45 bits per heavy atom. The molecular formula is C6H15NO3S. The molecule has 1 N–H and O–H groups in total. The Kier molecular flexibility index (Phi) is 4.63. The van der Waals surface area contributed by atoms with Crippen molar-refractivity contribution in [3.63, 3.8) is 0 Å². The molecule has 0 aliphatic carbocycles. The normalized spacial score (nSPS) is 14.8. The van der Waals surface area contributed by atoms with E-state index in [1.807, 2.05) is 6.92 Å². The molecule has 4 nitrogen and oxygen atoms in total. The summed E-state index contributed by atoms with van der Waals surface area (Å²) in [6, 6.07) is 0. The Balaban J connectivity index is 3.84. The van der Waals surface area contributed by atoms with Crippen LogP contribution in [0.1, 0.15) is 6.92 Å². The summed E-state index contributed by atoms with van der Waals surface area (Å²) in [7, 11) is -0.101. The summed E-state index contributed by atoms with van der Waals surface area (Å²) in [6.07, 6.45) is 0. The first-order valence-electron chi connectivity index (χ1n) is 3.42. The number of ether oxygens (including phenoxy) is 1. The maximum atomic E-state index is 10.9. The van der Waals surface area contributed by atoms with E-state index in [1.54, 1.807) is 7.11 Å². The molecule has 0 aromatic heterocycles. The molecule has 68 valence electrons. The number of rotatable bonds is 5. The van der Waals surface area contributed by atoms with E-state index >= 15 is 0 Å². The van der Waals surface area contributed by atoms with Crippen LogP contribution in [0.3, 0.4) is 0 Å². The van der Waals surface area contributed by atoms with Gasteiger partial charge in [0, 0.05) is 13.7 Å². The van der Waals surface area contributed by atoms with Crippen LogP contribution >= 0.6 is 0 Å². The van der Waals surface area contributed by atoms with Crippen molar-refractivity contribution in [3.05, 3.63) is 0 Å². The minimum Gasteiger partial charge on any atom is -0.384 e. The highest BCUT2D eigenvalue weighted by Crippen LogP contribution is 1.98. The van der Waals surface area contributed by atoms with E-state index in [4.69, 9.17) is 4.74 Å². The fourth-order valence-corrected chi connectivity index (χ4v) is 1.80. The molecule has 1 unspecified atom stereocenters. The molecular weight excluding hydrogens is 166 g/mol. The van der Waals surface area contributed by atoms with Crippen LogP contribution in [0.25, 0.3) is 0 Å². The predicted molar refractivity (Wildman–Crippen MR) is 43.9 cm³/mol. The molecule has 0 rings (SSSR count). The van der Waals surface area contributed by atoms with E-state index in [0.717, 1.165) is 0 Å². The van der Waals surface area contributed by atoms with Gasteiger partial charge in [-0.25, -0.2) is 13.1 Å². The first-order chi connectivity index (χ1) is 5.02. The quantitative estimate of drug-likeness (QED) is 0.640. The van der Waals surface area contributed by atoms with E-state index in [1.165, 1.54) is 7.05 Å². The zero-order valence-corrected chi connectivity index (χ0v) is 7.94. The van der Waals surface area contributed by atoms with Gasteiger partial charge in [-0.2, -0.15) is 0 Å². The van der Waals surface area contributed by atoms with Crippen LogP contribution in [0.2, 0.25) is 0 Å². The summed E-state index contributed by atoms with van der Waals surface area (Å²) >= 11 is 0. The second-order valence-electron chi connectivity index (χ2n) is 2.55. The first kappa shape index (κ1) is 10.9. The molecule has 0 aromatic carbocycles. The standard InChI is InChI=1S/C6H15NO3S/c1-6(4-10-3)5-11(8,9)7-2/h6-7H,4-5H2,1-3H3. The Bertz CT molecular complexity index is 188. The topological polar surface area (TPSA) is 55.4 Å². The van der Waals surface area contributed by atoms with E-state index in [2.05, 4.69) is 4.72 Å². The lowest BCUT2D eigenvalue weighted by Crippen LogP contribution is -2.27. The van der Waals surface area contributed by atoms with Crippen molar-refractivity contribution in [2.24, 2.45) is 5.92 Å². The maximum Gasteiger partial charge on any atom is 0.211 e. The zero-order chi connectivity index (χ0) is 8.91. The third-order valence-corrected chi connectivity index (χ3v) is 2.90. The molecule has 0 aromatic rings. The summed E-state index contributed by atoms with van der Waals surface area (Å²) in [4.78, 5) is 0. The molecule has 0 radical (unpaired) electrons. The molecule has 0 saturated heterocycles. The van der Waals surface area contributed by atoms with Crippen molar-refractivity contribution in [2.75, 3.05) is 26.5 Å². The van der Waals surface area contributed by atoms with Gasteiger partial charge in [0.25, 0.3) is 0 Å². The van der Waals surface area contributed by atoms with Crippen LogP contribution < -0.4 is 4.72 Å². The smallest absolute Gasteiger partial charge is 0.211 e. The second kappa shape index (κ2) is 4.69. The summed E-state index contributed by atoms with van der Waals surface area (Å²) < 4.78 is 28.9. The van der Waals surface area contributed by atoms with Gasteiger partial charge >= 0.3 is 0 Å². The largest absolute Gasteiger partial charge is 0.384 e. The summed E-state index contributed by atoms with van der Waals surface area (Å²) in [6.45, 7) is 2.30. The van der Waals surface area contributed by atoms with Gasteiger partial charge in [0.15, 0.2) is 0 Å². The van der Waals surface area contributed by atoms with E-state index in [-0.39, 0.29) is 11.7 Å². The van der Waals surface area contributed by atoms with Gasteiger partial charge in [-0.3, -0.25) is 0 Å². The highest BCUT2D eigenvalue weighted by atomic mass is 32.2. The van der Waals surface area contributed by atoms with Crippen molar-refractivity contribution >= 4 is 10.0 Å². The number of sulfonamides is 1. The summed E-state index contributed by atoms with van der Waals surface area (Å²) in [5, 5.41) is 0. The molecule has 0 spiro atoms. The molecule has 0 bridgehead atoms. The van der Waals surface area contributed by atoms with E-state index in [9.17, 15) is 8.42 Å². The Morgan fingerprint density at radius 1 is 1.55 bits per heavy atom. The third-order valence-electron chi connectivity index (χ3n) is 1.27. The minimum atomic E-state index is -3.07. The third kappa shape index (κ3) is 5.17. The number of hydrogen-bond donors (Lipinski definition) is 1. The number of nitrogens with one attached hydrogen (secondary N) is 1. The molecule has 0 amide bonds. The summed E-state index contributed by atoms with van der Waals surface area (Å²) in [5.74, 6) is 0.162. The Labute approximate surface area is 68.0 Å². The average molecular weight is 181 g/mol. The highest BCUT2D eigenvalue weighted by molar-refractivity contribution is 7.89. The maximum absolute atomic E-state index is 10.9. The number of hydrogen-bond acceptors (Lipinski definition) is 3. The van der Waals surface area contributed by atoms with Gasteiger partial charge in [0.05, 0.1) is 5.75 Å². The van der Waals surface area contributed by atoms with Crippen LogP contribution in [0.4, 0.5) is 0 Å². The molecule has 5 heteroatoms. The van der Waals surface area contributed by atoms with Crippen molar-refractivity contribution in [3.8, 4) is 0 Å². The van der Waals surface area contributed by atoms with E-state index < -0.39 is 10.0 Å². The van der Waals surface area contributed by atoms with Gasteiger partial charge in [0.2, 0.25) is 10.0 Å². The lowest BCUT2D eigenvalue weighted by Gasteiger charge is -2.09. The SMILES string of the molecule is CNS(=O)(=O)CC(C)COC. The number of methoxy groups -OCH3 is 1. The highest BCUT2D eigenvalue weighted by Gasteiger charge is 2.12. The van der Waals surface area contributed by atoms with Gasteiger partial charge in [-0.15, -0.1) is 0 Å². The van der Waals surface area contributed by atoms with Crippen molar-refractivity contribution in [1.82, 2.24) is 4.72 Å². The van der Waals surface area contributed by atoms with Gasteiger partial charge in [0.1, 0.15) is 0 Å². The van der Waals surface area contributed by atoms with Crippen LogP contribution in [0.15, 0.2) is 0 Å². The van der Waals surface area contributed by atoms with Gasteiger partial charge in [-0.05, 0) is 13.0 Å². The minimum absolute atomic E-state index is 0.0393. The monoisotopic (exact) mass is 181 g/mol. The van der Waals surface area contributed by atoms with Crippen LogP contribution in [0, 0.1) is 5.92 Å². The summed E-state index contributed by atoms with van der Waals surface area (Å²) in [5.41, 5.74) is 0. The molecule has 0 heterocycles. The second-order valence-corrected chi connectivity index (χ2v) is 4.52. The lowest BCUT2D eigenvalue weighted by atomic mass is 10.2. The van der Waals surface area contributed by atoms with Crippen LogP contribution in [-0.4, -0.2) is 34.9 Å². The van der Waals surface area contributed by atoms with Crippen molar-refractivity contribution in [1.29, 1.82) is 0 Å². The molecule has 11 heavy (non-hydrogen) atoms. The fraction of sp³-hybridized carbons (Fsp3) is 1.00. The van der Waals surface area contributed by atoms with Gasteiger partial charge < -0.3 is 4.74 Å². The van der Waals surface area contributed by atoms with Crippen LogP contribution in [0.5, 0.6) is 0 Å². The van der Waals surface area contributed by atoms with Crippen molar-refractivity contribution in [2.45, 2.75) is 6.92 Å². The molecule has 0 saturated carbocycles. The van der Waals surface area contributed by atoms with E-state index in [0.29, 0.717) is 6.61 Å². The molecule has 1 atom stereocenters. The first-order valence-corrected chi connectivity index (χ1v) is 5.07. The van der Waals surface area contributed by atoms with Crippen molar-refractivity contribution < 1.29 is 13.2 Å². The zero-order valence-electron chi connectivity index (χ0n) is 7.12. The fourth-order valence-electron chi connectivity index (χ4n) is 0.791. The Hall–Kier alpha value is -0.130. The predicted octanol–water partition coefficient (Wildman–Crippen LogP) is -0.182.